The Hall–Kier alpha value is -3.14. The van der Waals surface area contributed by atoms with Gasteiger partial charge in [0.2, 0.25) is 6.41 Å². The van der Waals surface area contributed by atoms with Crippen molar-refractivity contribution < 1.29 is 19.4 Å². The van der Waals surface area contributed by atoms with Crippen LogP contribution in [0, 0.1) is 20.2 Å². The summed E-state index contributed by atoms with van der Waals surface area (Å²) in [5.74, 6) is 0.533. The van der Waals surface area contributed by atoms with E-state index in [9.17, 15) is 25.0 Å². The highest BCUT2D eigenvalue weighted by Gasteiger charge is 2.21. The molecule has 2 rings (SSSR count). The fourth-order valence-corrected chi connectivity index (χ4v) is 3.02. The lowest BCUT2D eigenvalue weighted by Gasteiger charge is -2.11. The monoisotopic (exact) mass is 363 g/mol. The molecule has 0 radical (unpaired) electrons. The van der Waals surface area contributed by atoms with Crippen molar-refractivity contribution in [1.82, 2.24) is 0 Å². The standard InChI is InChI=1S/C15H13N3O6S/c1-2-24-11-4-5-12(16-9-19)15(8-11)25-14-6-3-10(17(20)21)7-13(14)18(22)23/h3-9H,2H2,1H3,(H,16,19). The van der Waals surface area contributed by atoms with Gasteiger partial charge < -0.3 is 10.1 Å². The lowest BCUT2D eigenvalue weighted by atomic mass is 10.3. The Morgan fingerprint density at radius 1 is 1.12 bits per heavy atom. The second-order valence-corrected chi connectivity index (χ2v) is 5.71. The molecule has 0 aliphatic carbocycles. The van der Waals surface area contributed by atoms with Crippen molar-refractivity contribution >= 4 is 35.2 Å². The molecule has 130 valence electrons. The minimum Gasteiger partial charge on any atom is -0.494 e. The maximum Gasteiger partial charge on any atom is 0.290 e. The van der Waals surface area contributed by atoms with Crippen LogP contribution in [0.2, 0.25) is 0 Å². The van der Waals surface area contributed by atoms with Gasteiger partial charge in [-0.1, -0.05) is 11.8 Å². The fourth-order valence-electron chi connectivity index (χ4n) is 1.99. The number of non-ortho nitro benzene ring substituents is 1. The Labute approximate surface area is 146 Å². The Kier molecular flexibility index (Phi) is 5.90. The first-order valence-corrected chi connectivity index (χ1v) is 7.85. The first-order valence-electron chi connectivity index (χ1n) is 7.04. The first-order chi connectivity index (χ1) is 12.0. The Balaban J connectivity index is 2.47. The molecule has 0 unspecified atom stereocenters. The highest BCUT2D eigenvalue weighted by atomic mass is 32.2. The number of nitrogens with zero attached hydrogens (tertiary/aromatic N) is 2. The van der Waals surface area contributed by atoms with E-state index < -0.39 is 15.5 Å². The zero-order valence-electron chi connectivity index (χ0n) is 13.0. The van der Waals surface area contributed by atoms with Crippen LogP contribution in [0.15, 0.2) is 46.2 Å². The molecule has 0 aromatic heterocycles. The number of rotatable bonds is 8. The van der Waals surface area contributed by atoms with E-state index in [4.69, 9.17) is 4.74 Å². The van der Waals surface area contributed by atoms with E-state index in [1.54, 1.807) is 18.2 Å². The van der Waals surface area contributed by atoms with Crippen LogP contribution in [0.25, 0.3) is 0 Å². The van der Waals surface area contributed by atoms with Crippen LogP contribution in [0.4, 0.5) is 17.1 Å². The SMILES string of the molecule is CCOc1ccc(NC=O)c(Sc2ccc([N+](=O)[O-])cc2[N+](=O)[O-])c1. The van der Waals surface area contributed by atoms with Crippen molar-refractivity contribution in [3.63, 3.8) is 0 Å². The molecular weight excluding hydrogens is 350 g/mol. The highest BCUT2D eigenvalue weighted by Crippen LogP contribution is 2.41. The van der Waals surface area contributed by atoms with Gasteiger partial charge in [0.05, 0.1) is 33.1 Å². The lowest BCUT2D eigenvalue weighted by Crippen LogP contribution is -1.98. The van der Waals surface area contributed by atoms with E-state index in [0.29, 0.717) is 29.3 Å². The summed E-state index contributed by atoms with van der Waals surface area (Å²) in [5, 5.41) is 24.6. The van der Waals surface area contributed by atoms with E-state index in [-0.39, 0.29) is 10.6 Å². The van der Waals surface area contributed by atoms with Gasteiger partial charge in [0.25, 0.3) is 11.4 Å². The average molecular weight is 363 g/mol. The topological polar surface area (TPSA) is 125 Å². The van der Waals surface area contributed by atoms with Crippen LogP contribution in [0.3, 0.4) is 0 Å². The first kappa shape index (κ1) is 18.2. The molecule has 0 saturated carbocycles. The van der Waals surface area contributed by atoms with E-state index >= 15 is 0 Å². The van der Waals surface area contributed by atoms with Crippen LogP contribution in [-0.4, -0.2) is 22.9 Å². The summed E-state index contributed by atoms with van der Waals surface area (Å²) in [6.45, 7) is 2.24. The van der Waals surface area contributed by atoms with Crippen LogP contribution in [-0.2, 0) is 4.79 Å². The minimum absolute atomic E-state index is 0.207. The molecule has 1 N–H and O–H groups in total. The van der Waals surface area contributed by atoms with Gasteiger partial charge >= 0.3 is 0 Å². The number of hydrogen-bond acceptors (Lipinski definition) is 7. The summed E-state index contributed by atoms with van der Waals surface area (Å²) in [4.78, 5) is 32.1. The molecule has 9 nitrogen and oxygen atoms in total. The summed E-state index contributed by atoms with van der Waals surface area (Å²) in [7, 11) is 0. The molecule has 0 aliphatic rings. The number of benzene rings is 2. The zero-order chi connectivity index (χ0) is 18.4. The third-order valence-corrected chi connectivity index (χ3v) is 4.17. The van der Waals surface area contributed by atoms with Crippen LogP contribution >= 0.6 is 11.8 Å². The van der Waals surface area contributed by atoms with Gasteiger partial charge in [-0.25, -0.2) is 0 Å². The van der Waals surface area contributed by atoms with Gasteiger partial charge in [-0.2, -0.15) is 0 Å². The third-order valence-electron chi connectivity index (χ3n) is 3.05. The summed E-state index contributed by atoms with van der Waals surface area (Å²) >= 11 is 1.00. The van der Waals surface area contributed by atoms with Crippen molar-refractivity contribution in [2.24, 2.45) is 0 Å². The number of ether oxygens (including phenoxy) is 1. The zero-order valence-corrected chi connectivity index (χ0v) is 13.8. The number of nitrogens with one attached hydrogen (secondary N) is 1. The minimum atomic E-state index is -0.698. The molecular formula is C15H13N3O6S. The van der Waals surface area contributed by atoms with E-state index in [1.807, 2.05) is 6.92 Å². The normalized spacial score (nSPS) is 10.1. The maximum atomic E-state index is 11.2. The number of amides is 1. The smallest absolute Gasteiger partial charge is 0.290 e. The van der Waals surface area contributed by atoms with Gasteiger partial charge in [0, 0.05) is 11.0 Å². The van der Waals surface area contributed by atoms with Gasteiger partial charge in [0.1, 0.15) is 5.75 Å². The second kappa shape index (κ2) is 8.11. The van der Waals surface area contributed by atoms with Crippen LogP contribution in [0.5, 0.6) is 5.75 Å². The fraction of sp³-hybridized carbons (Fsp3) is 0.133. The molecule has 25 heavy (non-hydrogen) atoms. The summed E-state index contributed by atoms with van der Waals surface area (Å²) in [6, 6.07) is 8.29. The molecule has 1 amide bonds. The molecule has 10 heteroatoms. The van der Waals surface area contributed by atoms with E-state index in [0.717, 1.165) is 17.8 Å². The highest BCUT2D eigenvalue weighted by molar-refractivity contribution is 7.99. The van der Waals surface area contributed by atoms with Crippen molar-refractivity contribution in [3.05, 3.63) is 56.6 Å². The van der Waals surface area contributed by atoms with Gasteiger partial charge in [-0.05, 0) is 31.2 Å². The van der Waals surface area contributed by atoms with Crippen molar-refractivity contribution in [1.29, 1.82) is 0 Å². The molecule has 0 aliphatic heterocycles. The molecule has 0 heterocycles. The van der Waals surface area contributed by atoms with Crippen LogP contribution in [0.1, 0.15) is 6.92 Å². The average Bonchev–Trinajstić information content (AvgIpc) is 2.57. The molecule has 2 aromatic rings. The molecule has 2 aromatic carbocycles. The number of hydrogen-bond donors (Lipinski definition) is 1. The maximum absolute atomic E-state index is 11.2. The number of anilines is 1. The number of nitro benzene ring substituents is 2. The summed E-state index contributed by atoms with van der Waals surface area (Å²) in [5.41, 5.74) is -0.320. The van der Waals surface area contributed by atoms with Gasteiger partial charge in [-0.3, -0.25) is 25.0 Å². The molecule has 0 atom stereocenters. The number of nitro groups is 2. The van der Waals surface area contributed by atoms with Gasteiger partial charge in [-0.15, -0.1) is 0 Å². The molecule has 0 spiro atoms. The summed E-state index contributed by atoms with van der Waals surface area (Å²) in [6.07, 6.45) is 0.490. The predicted octanol–water partition coefficient (Wildman–Crippen LogP) is 3.62. The molecule has 0 bridgehead atoms. The van der Waals surface area contributed by atoms with Crippen molar-refractivity contribution in [2.45, 2.75) is 16.7 Å². The molecule has 0 saturated heterocycles. The largest absolute Gasteiger partial charge is 0.494 e. The van der Waals surface area contributed by atoms with Crippen LogP contribution < -0.4 is 10.1 Å². The third kappa shape index (κ3) is 4.44. The Morgan fingerprint density at radius 3 is 2.48 bits per heavy atom. The van der Waals surface area contributed by atoms with E-state index in [1.165, 1.54) is 12.1 Å². The quantitative estimate of drug-likeness (QED) is 0.431. The lowest BCUT2D eigenvalue weighted by molar-refractivity contribution is -0.396. The van der Waals surface area contributed by atoms with E-state index in [2.05, 4.69) is 5.32 Å². The second-order valence-electron chi connectivity index (χ2n) is 4.62. The molecule has 0 fully saturated rings. The van der Waals surface area contributed by atoms with Crippen molar-refractivity contribution in [3.8, 4) is 5.75 Å². The number of carbonyl (C=O) groups excluding carboxylic acids is 1. The van der Waals surface area contributed by atoms with Gasteiger partial charge in [0.15, 0.2) is 0 Å². The summed E-state index contributed by atoms with van der Waals surface area (Å²) < 4.78 is 5.39. The Bertz CT molecular complexity index is 827. The number of carbonyl (C=O) groups is 1. The Morgan fingerprint density at radius 2 is 1.88 bits per heavy atom. The predicted molar refractivity (Wildman–Crippen MR) is 91.2 cm³/mol. The van der Waals surface area contributed by atoms with Crippen molar-refractivity contribution in [2.75, 3.05) is 11.9 Å².